The lowest BCUT2D eigenvalue weighted by Crippen LogP contribution is -2.39. The van der Waals surface area contributed by atoms with Crippen molar-refractivity contribution in [2.45, 2.75) is 59.0 Å². The molecule has 0 spiro atoms. The normalized spacial score (nSPS) is 25.0. The van der Waals surface area contributed by atoms with Crippen LogP contribution < -0.4 is 5.32 Å². The third-order valence-corrected chi connectivity index (χ3v) is 4.67. The minimum absolute atomic E-state index is 0.384. The Hall–Kier alpha value is -0.830. The van der Waals surface area contributed by atoms with Gasteiger partial charge in [-0.2, -0.15) is 0 Å². The molecule has 1 aromatic heterocycles. The number of nitrogens with one attached hydrogen (secondary N) is 1. The van der Waals surface area contributed by atoms with Gasteiger partial charge >= 0.3 is 0 Å². The Morgan fingerprint density at radius 2 is 2.28 bits per heavy atom. The summed E-state index contributed by atoms with van der Waals surface area (Å²) in [6.45, 7) is 8.02. The quantitative estimate of drug-likeness (QED) is 0.886. The fraction of sp³-hybridized carbons (Fsp3) is 0.800. The van der Waals surface area contributed by atoms with Crippen molar-refractivity contribution >= 4 is 0 Å². The molecule has 0 radical (unpaired) electrons. The van der Waals surface area contributed by atoms with E-state index < -0.39 is 0 Å². The molecule has 1 fully saturated rings. The van der Waals surface area contributed by atoms with Crippen LogP contribution in [0.3, 0.4) is 0 Å². The van der Waals surface area contributed by atoms with Gasteiger partial charge in [0.1, 0.15) is 5.82 Å². The van der Waals surface area contributed by atoms with Crippen LogP contribution in [0.4, 0.5) is 0 Å². The molecular formula is C15H27N3. The molecule has 0 bridgehead atoms. The first-order valence-electron chi connectivity index (χ1n) is 7.28. The maximum atomic E-state index is 4.60. The van der Waals surface area contributed by atoms with Crippen molar-refractivity contribution in [1.29, 1.82) is 0 Å². The van der Waals surface area contributed by atoms with Crippen LogP contribution in [0, 0.1) is 11.3 Å². The van der Waals surface area contributed by atoms with Gasteiger partial charge in [0.15, 0.2) is 0 Å². The lowest BCUT2D eigenvalue weighted by atomic mass is 9.65. The smallest absolute Gasteiger partial charge is 0.126 e. The third-order valence-electron chi connectivity index (χ3n) is 4.67. The Morgan fingerprint density at radius 1 is 1.50 bits per heavy atom. The van der Waals surface area contributed by atoms with Gasteiger partial charge in [-0.05, 0) is 38.1 Å². The first-order valence-corrected chi connectivity index (χ1v) is 7.28. The van der Waals surface area contributed by atoms with E-state index >= 15 is 0 Å². The van der Waals surface area contributed by atoms with Gasteiger partial charge in [0.25, 0.3) is 0 Å². The summed E-state index contributed by atoms with van der Waals surface area (Å²) in [7, 11) is 2.07. The zero-order valence-electron chi connectivity index (χ0n) is 12.2. The van der Waals surface area contributed by atoms with Gasteiger partial charge in [-0.25, -0.2) is 4.98 Å². The molecule has 0 saturated heterocycles. The highest BCUT2D eigenvalue weighted by Crippen LogP contribution is 2.46. The first kappa shape index (κ1) is 13.6. The zero-order valence-corrected chi connectivity index (χ0v) is 12.2. The monoisotopic (exact) mass is 249 g/mol. The number of imidazole rings is 1. The van der Waals surface area contributed by atoms with Crippen molar-refractivity contribution in [2.24, 2.45) is 11.3 Å². The average molecular weight is 249 g/mol. The highest BCUT2D eigenvalue weighted by molar-refractivity contribution is 5.04. The summed E-state index contributed by atoms with van der Waals surface area (Å²) in [5.74, 6) is 1.89. The van der Waals surface area contributed by atoms with Crippen molar-refractivity contribution in [2.75, 3.05) is 7.05 Å². The molecule has 1 aromatic rings. The molecule has 1 aliphatic carbocycles. The van der Waals surface area contributed by atoms with Gasteiger partial charge in [0.05, 0.1) is 6.04 Å². The number of aryl methyl sites for hydroxylation is 1. The van der Waals surface area contributed by atoms with Crippen LogP contribution in [-0.2, 0) is 6.54 Å². The van der Waals surface area contributed by atoms with Crippen LogP contribution in [0.2, 0.25) is 0 Å². The van der Waals surface area contributed by atoms with E-state index in [4.69, 9.17) is 0 Å². The van der Waals surface area contributed by atoms with Crippen molar-refractivity contribution in [3.8, 4) is 0 Å². The molecule has 18 heavy (non-hydrogen) atoms. The van der Waals surface area contributed by atoms with Crippen molar-refractivity contribution in [1.82, 2.24) is 14.9 Å². The summed E-state index contributed by atoms with van der Waals surface area (Å²) in [4.78, 5) is 4.60. The van der Waals surface area contributed by atoms with E-state index in [1.54, 1.807) is 0 Å². The molecule has 1 N–H and O–H groups in total. The molecule has 1 heterocycles. The largest absolute Gasteiger partial charge is 0.334 e. The highest BCUT2D eigenvalue weighted by Gasteiger charge is 2.38. The molecule has 102 valence electrons. The van der Waals surface area contributed by atoms with Crippen LogP contribution in [0.5, 0.6) is 0 Å². The van der Waals surface area contributed by atoms with Gasteiger partial charge in [0, 0.05) is 18.9 Å². The highest BCUT2D eigenvalue weighted by atomic mass is 15.1. The number of hydrogen-bond donors (Lipinski definition) is 1. The predicted molar refractivity (Wildman–Crippen MR) is 75.4 cm³/mol. The third kappa shape index (κ3) is 2.46. The van der Waals surface area contributed by atoms with Gasteiger partial charge in [-0.3, -0.25) is 0 Å². The van der Waals surface area contributed by atoms with Crippen LogP contribution in [0.25, 0.3) is 0 Å². The molecule has 1 aliphatic rings. The van der Waals surface area contributed by atoms with Gasteiger partial charge in [-0.1, -0.05) is 26.7 Å². The Labute approximate surface area is 111 Å². The summed E-state index contributed by atoms with van der Waals surface area (Å²) < 4.78 is 2.27. The van der Waals surface area contributed by atoms with Crippen molar-refractivity contribution < 1.29 is 0 Å². The number of nitrogens with zero attached hydrogens (tertiary/aromatic N) is 2. The number of rotatable bonds is 4. The molecule has 1 saturated carbocycles. The topological polar surface area (TPSA) is 29.9 Å². The molecule has 0 aliphatic heterocycles. The van der Waals surface area contributed by atoms with Crippen LogP contribution in [0.1, 0.15) is 58.3 Å². The molecule has 3 heteroatoms. The second kappa shape index (κ2) is 5.43. The molecule has 2 unspecified atom stereocenters. The van der Waals surface area contributed by atoms with Gasteiger partial charge < -0.3 is 9.88 Å². The maximum Gasteiger partial charge on any atom is 0.126 e. The fourth-order valence-corrected chi connectivity index (χ4v) is 3.52. The van der Waals surface area contributed by atoms with E-state index in [1.165, 1.54) is 31.5 Å². The molecular weight excluding hydrogens is 222 g/mol. The summed E-state index contributed by atoms with van der Waals surface area (Å²) in [5, 5.41) is 3.52. The van der Waals surface area contributed by atoms with E-state index in [1.807, 2.05) is 6.20 Å². The van der Waals surface area contributed by atoms with E-state index in [0.29, 0.717) is 17.4 Å². The molecule has 0 amide bonds. The number of hydrogen-bond acceptors (Lipinski definition) is 2. The van der Waals surface area contributed by atoms with Crippen LogP contribution in [-0.4, -0.2) is 16.6 Å². The Kier molecular flexibility index (Phi) is 4.10. The Morgan fingerprint density at radius 3 is 2.89 bits per heavy atom. The SMILES string of the molecule is CCn1ccnc1C(NC)C1CCCCC1(C)C. The summed E-state index contributed by atoms with van der Waals surface area (Å²) in [6, 6.07) is 0.384. The molecule has 2 atom stereocenters. The van der Waals surface area contributed by atoms with Crippen LogP contribution >= 0.6 is 0 Å². The Balaban J connectivity index is 2.27. The lowest BCUT2D eigenvalue weighted by molar-refractivity contribution is 0.0966. The maximum absolute atomic E-state index is 4.60. The second-order valence-electron chi connectivity index (χ2n) is 6.18. The summed E-state index contributed by atoms with van der Waals surface area (Å²) in [5.41, 5.74) is 0.413. The minimum Gasteiger partial charge on any atom is -0.334 e. The van der Waals surface area contributed by atoms with E-state index in [9.17, 15) is 0 Å². The van der Waals surface area contributed by atoms with E-state index in [-0.39, 0.29) is 0 Å². The predicted octanol–water partition coefficient (Wildman–Crippen LogP) is 3.38. The van der Waals surface area contributed by atoms with E-state index in [2.05, 4.69) is 48.9 Å². The first-order chi connectivity index (χ1) is 8.60. The van der Waals surface area contributed by atoms with Gasteiger partial charge in [0.2, 0.25) is 0 Å². The molecule has 3 nitrogen and oxygen atoms in total. The summed E-state index contributed by atoms with van der Waals surface area (Å²) >= 11 is 0. The Bertz CT molecular complexity index is 381. The van der Waals surface area contributed by atoms with Crippen LogP contribution in [0.15, 0.2) is 12.4 Å². The fourth-order valence-electron chi connectivity index (χ4n) is 3.52. The van der Waals surface area contributed by atoms with Crippen molar-refractivity contribution in [3.63, 3.8) is 0 Å². The summed E-state index contributed by atoms with van der Waals surface area (Å²) in [6.07, 6.45) is 9.41. The minimum atomic E-state index is 0.384. The zero-order chi connectivity index (χ0) is 13.2. The molecule has 0 aromatic carbocycles. The van der Waals surface area contributed by atoms with E-state index in [0.717, 1.165) is 6.54 Å². The molecule has 2 rings (SSSR count). The van der Waals surface area contributed by atoms with Crippen molar-refractivity contribution in [3.05, 3.63) is 18.2 Å². The average Bonchev–Trinajstić information content (AvgIpc) is 2.80. The lowest BCUT2D eigenvalue weighted by Gasteiger charge is -2.43. The second-order valence-corrected chi connectivity index (χ2v) is 6.18. The van der Waals surface area contributed by atoms with Gasteiger partial charge in [-0.15, -0.1) is 0 Å². The standard InChI is InChI=1S/C15H27N3/c1-5-18-11-10-17-14(18)13(16-4)12-8-6-7-9-15(12,2)3/h10-13,16H,5-9H2,1-4H3. The number of aromatic nitrogens is 2.